The zero-order valence-electron chi connectivity index (χ0n) is 11.3. The Kier molecular flexibility index (Phi) is 4.52. The molecule has 0 N–H and O–H groups in total. The van der Waals surface area contributed by atoms with Gasteiger partial charge in [-0.3, -0.25) is 4.79 Å². The lowest BCUT2D eigenvalue weighted by molar-refractivity contribution is 0.0751. The summed E-state index contributed by atoms with van der Waals surface area (Å²) < 4.78 is 0.887. The highest BCUT2D eigenvalue weighted by atomic mass is 79.9. The predicted octanol–water partition coefficient (Wildman–Crippen LogP) is 4.13. The molecule has 0 unspecified atom stereocenters. The molecule has 0 spiro atoms. The molecule has 3 nitrogen and oxygen atoms in total. The van der Waals surface area contributed by atoms with Crippen molar-refractivity contribution in [1.29, 1.82) is 0 Å². The first-order valence-electron chi connectivity index (χ1n) is 6.68. The minimum atomic E-state index is 0.118. The average Bonchev–Trinajstić information content (AvgIpc) is 2.94. The van der Waals surface area contributed by atoms with Crippen LogP contribution in [0.1, 0.15) is 9.67 Å². The van der Waals surface area contributed by atoms with Crippen LogP contribution >= 0.6 is 38.9 Å². The van der Waals surface area contributed by atoms with E-state index in [2.05, 4.69) is 20.8 Å². The van der Waals surface area contributed by atoms with Gasteiger partial charge in [0.05, 0.1) is 0 Å². The van der Waals surface area contributed by atoms with Crippen LogP contribution in [0.25, 0.3) is 0 Å². The van der Waals surface area contributed by atoms with Gasteiger partial charge in [-0.05, 0) is 51.6 Å². The maximum absolute atomic E-state index is 12.4. The van der Waals surface area contributed by atoms with Crippen molar-refractivity contribution in [3.05, 3.63) is 50.1 Å². The minimum absolute atomic E-state index is 0.118. The fraction of sp³-hybridized carbons (Fsp3) is 0.267. The van der Waals surface area contributed by atoms with Gasteiger partial charge < -0.3 is 9.80 Å². The number of hydrogen-bond donors (Lipinski definition) is 0. The molecule has 0 aliphatic carbocycles. The molecule has 0 atom stereocenters. The molecule has 3 rings (SSSR count). The van der Waals surface area contributed by atoms with E-state index < -0.39 is 0 Å². The monoisotopic (exact) mass is 384 g/mol. The molecule has 1 saturated heterocycles. The zero-order chi connectivity index (χ0) is 14.8. The van der Waals surface area contributed by atoms with E-state index in [9.17, 15) is 4.79 Å². The van der Waals surface area contributed by atoms with E-state index in [0.717, 1.165) is 46.2 Å². The Balaban J connectivity index is 1.64. The third-order valence-electron chi connectivity index (χ3n) is 3.57. The van der Waals surface area contributed by atoms with Crippen molar-refractivity contribution in [2.75, 3.05) is 31.1 Å². The lowest BCUT2D eigenvalue weighted by atomic mass is 10.2. The second-order valence-corrected chi connectivity index (χ2v) is 7.06. The highest BCUT2D eigenvalue weighted by Gasteiger charge is 2.24. The number of hydrogen-bond acceptors (Lipinski definition) is 3. The molecular weight excluding hydrogens is 372 g/mol. The SMILES string of the molecule is O=C(c1sccc1Br)N1CCN(c2ccc(Cl)cc2)CC1. The molecule has 1 fully saturated rings. The maximum Gasteiger partial charge on any atom is 0.265 e. The van der Waals surface area contributed by atoms with E-state index in [1.807, 2.05) is 40.6 Å². The van der Waals surface area contributed by atoms with E-state index >= 15 is 0 Å². The van der Waals surface area contributed by atoms with Crippen molar-refractivity contribution in [3.63, 3.8) is 0 Å². The zero-order valence-corrected chi connectivity index (χ0v) is 14.4. The standard InChI is InChI=1S/C15H14BrClN2OS/c16-13-5-10-21-14(13)15(20)19-8-6-18(7-9-19)12-3-1-11(17)2-4-12/h1-5,10H,6-9H2. The lowest BCUT2D eigenvalue weighted by Gasteiger charge is -2.36. The van der Waals surface area contributed by atoms with Crippen molar-refractivity contribution in [2.45, 2.75) is 0 Å². The van der Waals surface area contributed by atoms with E-state index in [1.165, 1.54) is 11.3 Å². The Hall–Kier alpha value is -1.04. The van der Waals surface area contributed by atoms with Crippen LogP contribution in [-0.2, 0) is 0 Å². The summed E-state index contributed by atoms with van der Waals surface area (Å²) in [5.74, 6) is 0.118. The normalized spacial score (nSPS) is 15.3. The fourth-order valence-electron chi connectivity index (χ4n) is 2.41. The lowest BCUT2D eigenvalue weighted by Crippen LogP contribution is -2.48. The highest BCUT2D eigenvalue weighted by Crippen LogP contribution is 2.25. The maximum atomic E-state index is 12.4. The first-order chi connectivity index (χ1) is 10.1. The largest absolute Gasteiger partial charge is 0.368 e. The number of anilines is 1. The Morgan fingerprint density at radius 2 is 1.76 bits per heavy atom. The summed E-state index contributed by atoms with van der Waals surface area (Å²) in [4.78, 5) is 17.4. The van der Waals surface area contributed by atoms with E-state index in [-0.39, 0.29) is 5.91 Å². The van der Waals surface area contributed by atoms with Crippen LogP contribution < -0.4 is 4.90 Å². The van der Waals surface area contributed by atoms with Gasteiger partial charge in [0.15, 0.2) is 0 Å². The molecule has 1 aromatic heterocycles. The molecule has 1 amide bonds. The molecule has 110 valence electrons. The van der Waals surface area contributed by atoms with Crippen molar-refractivity contribution in [1.82, 2.24) is 4.90 Å². The molecule has 21 heavy (non-hydrogen) atoms. The molecule has 1 aromatic carbocycles. The van der Waals surface area contributed by atoms with Crippen molar-refractivity contribution >= 4 is 50.5 Å². The van der Waals surface area contributed by atoms with Crippen LogP contribution in [-0.4, -0.2) is 37.0 Å². The predicted molar refractivity (Wildman–Crippen MR) is 91.6 cm³/mol. The summed E-state index contributed by atoms with van der Waals surface area (Å²) in [5.41, 5.74) is 1.16. The van der Waals surface area contributed by atoms with Crippen LogP contribution in [0, 0.1) is 0 Å². The summed E-state index contributed by atoms with van der Waals surface area (Å²) in [6.07, 6.45) is 0. The number of piperazine rings is 1. The van der Waals surface area contributed by atoms with Gasteiger partial charge in [0.1, 0.15) is 4.88 Å². The van der Waals surface area contributed by atoms with Crippen LogP contribution in [0.3, 0.4) is 0 Å². The summed E-state index contributed by atoms with van der Waals surface area (Å²) in [5, 5.41) is 2.68. The van der Waals surface area contributed by atoms with Gasteiger partial charge in [0, 0.05) is 41.4 Å². The van der Waals surface area contributed by atoms with Gasteiger partial charge in [0.25, 0.3) is 5.91 Å². The summed E-state index contributed by atoms with van der Waals surface area (Å²) in [6, 6.07) is 9.77. The smallest absolute Gasteiger partial charge is 0.265 e. The van der Waals surface area contributed by atoms with Gasteiger partial charge >= 0.3 is 0 Å². The highest BCUT2D eigenvalue weighted by molar-refractivity contribution is 9.10. The van der Waals surface area contributed by atoms with E-state index in [4.69, 9.17) is 11.6 Å². The number of benzene rings is 1. The number of amides is 1. The molecular formula is C15H14BrClN2OS. The third kappa shape index (κ3) is 3.25. The van der Waals surface area contributed by atoms with Crippen molar-refractivity contribution in [2.24, 2.45) is 0 Å². The minimum Gasteiger partial charge on any atom is -0.368 e. The number of thiophene rings is 1. The van der Waals surface area contributed by atoms with Crippen LogP contribution in [0.5, 0.6) is 0 Å². The van der Waals surface area contributed by atoms with Gasteiger partial charge in [-0.25, -0.2) is 0 Å². The summed E-state index contributed by atoms with van der Waals surface area (Å²) >= 11 is 10.8. The molecule has 1 aliphatic heterocycles. The van der Waals surface area contributed by atoms with Crippen LogP contribution in [0.4, 0.5) is 5.69 Å². The fourth-order valence-corrected chi connectivity index (χ4v) is 4.04. The molecule has 0 radical (unpaired) electrons. The number of rotatable bonds is 2. The molecule has 0 saturated carbocycles. The molecule has 1 aliphatic rings. The number of nitrogens with zero attached hydrogens (tertiary/aromatic N) is 2. The molecule has 2 heterocycles. The third-order valence-corrected chi connectivity index (χ3v) is 5.65. The van der Waals surface area contributed by atoms with E-state index in [1.54, 1.807) is 0 Å². The first-order valence-corrected chi connectivity index (χ1v) is 8.73. The van der Waals surface area contributed by atoms with Crippen LogP contribution in [0.15, 0.2) is 40.2 Å². The molecule has 2 aromatic rings. The second kappa shape index (κ2) is 6.38. The van der Waals surface area contributed by atoms with Gasteiger partial charge in [-0.1, -0.05) is 11.6 Å². The van der Waals surface area contributed by atoms with Crippen molar-refractivity contribution < 1.29 is 4.79 Å². The molecule has 0 bridgehead atoms. The Morgan fingerprint density at radius 3 is 2.33 bits per heavy atom. The Bertz CT molecular complexity index is 635. The number of halogens is 2. The topological polar surface area (TPSA) is 23.6 Å². The Labute approximate surface area is 141 Å². The average molecular weight is 386 g/mol. The second-order valence-electron chi connectivity index (χ2n) is 4.85. The summed E-state index contributed by atoms with van der Waals surface area (Å²) in [7, 11) is 0. The van der Waals surface area contributed by atoms with E-state index in [0.29, 0.717) is 0 Å². The number of carbonyl (C=O) groups excluding carboxylic acids is 1. The molecule has 6 heteroatoms. The van der Waals surface area contributed by atoms with Gasteiger partial charge in [-0.2, -0.15) is 0 Å². The van der Waals surface area contributed by atoms with Gasteiger partial charge in [0.2, 0.25) is 0 Å². The quantitative estimate of drug-likeness (QED) is 0.776. The Morgan fingerprint density at radius 1 is 1.10 bits per heavy atom. The first kappa shape index (κ1) is 14.9. The van der Waals surface area contributed by atoms with Gasteiger partial charge in [-0.15, -0.1) is 11.3 Å². The summed E-state index contributed by atoms with van der Waals surface area (Å²) in [6.45, 7) is 3.17. The van der Waals surface area contributed by atoms with Crippen LogP contribution in [0.2, 0.25) is 5.02 Å². The van der Waals surface area contributed by atoms with Crippen molar-refractivity contribution in [3.8, 4) is 0 Å². The number of carbonyl (C=O) groups is 1.